The topological polar surface area (TPSA) is 58.9 Å². The summed E-state index contributed by atoms with van der Waals surface area (Å²) in [6.45, 7) is 9.33. The van der Waals surface area contributed by atoms with E-state index in [1.54, 1.807) is 20.8 Å². The molecule has 0 saturated heterocycles. The van der Waals surface area contributed by atoms with Crippen LogP contribution in [0.1, 0.15) is 53.0 Å². The number of benzene rings is 1. The van der Waals surface area contributed by atoms with Gasteiger partial charge in [-0.3, -0.25) is 0 Å². The number of esters is 1. The van der Waals surface area contributed by atoms with Gasteiger partial charge >= 0.3 is 5.97 Å². The van der Waals surface area contributed by atoms with Crippen molar-refractivity contribution in [3.8, 4) is 0 Å². The molecule has 2 atom stereocenters. The molecule has 1 aromatic rings. The van der Waals surface area contributed by atoms with E-state index < -0.39 is 11.7 Å². The number of aliphatic imine (C=N–C) groups is 1. The minimum atomic E-state index is -1.83. The third-order valence-electron chi connectivity index (χ3n) is 3.62. The first-order chi connectivity index (χ1) is 10.3. The number of carbonyl (C=O) groups excluding carboxylic acids is 1. The van der Waals surface area contributed by atoms with Crippen molar-refractivity contribution in [1.82, 2.24) is 0 Å². The van der Waals surface area contributed by atoms with Crippen LogP contribution in [0.25, 0.3) is 0 Å². The Kier molecular flexibility index (Phi) is 6.75. The van der Waals surface area contributed by atoms with E-state index >= 15 is 0 Å². The van der Waals surface area contributed by atoms with Crippen molar-refractivity contribution in [3.63, 3.8) is 0 Å². The van der Waals surface area contributed by atoms with Gasteiger partial charge < -0.3 is 9.84 Å². The lowest BCUT2D eigenvalue weighted by Crippen LogP contribution is -2.40. The van der Waals surface area contributed by atoms with Gasteiger partial charge in [0, 0.05) is 12.1 Å². The van der Waals surface area contributed by atoms with Crippen molar-refractivity contribution in [3.05, 3.63) is 35.9 Å². The standard InChI is InChI=1S/C18H27NO3/c1-6-14(5)16(15-11-9-8-10-12-15)19-18(21,7-2)17(20)22-13(3)4/h8-14,21H,6-7H2,1-5H3/b19-16+. The van der Waals surface area contributed by atoms with E-state index in [2.05, 4.69) is 11.9 Å². The first-order valence-electron chi connectivity index (χ1n) is 7.92. The van der Waals surface area contributed by atoms with Crippen LogP contribution < -0.4 is 0 Å². The molecule has 0 aliphatic carbocycles. The Labute approximate surface area is 133 Å². The van der Waals surface area contributed by atoms with Gasteiger partial charge in [-0.05, 0) is 31.7 Å². The highest BCUT2D eigenvalue weighted by Gasteiger charge is 2.37. The maximum Gasteiger partial charge on any atom is 0.361 e. The van der Waals surface area contributed by atoms with Crippen molar-refractivity contribution < 1.29 is 14.6 Å². The third-order valence-corrected chi connectivity index (χ3v) is 3.62. The molecular formula is C18H27NO3. The van der Waals surface area contributed by atoms with E-state index in [-0.39, 0.29) is 18.4 Å². The molecule has 122 valence electrons. The summed E-state index contributed by atoms with van der Waals surface area (Å²) in [5.41, 5.74) is -0.187. The van der Waals surface area contributed by atoms with Crippen LogP contribution >= 0.6 is 0 Å². The molecule has 0 bridgehead atoms. The Morgan fingerprint density at radius 1 is 1.23 bits per heavy atom. The number of carbonyl (C=O) groups is 1. The van der Waals surface area contributed by atoms with Gasteiger partial charge in [0.2, 0.25) is 0 Å². The molecule has 1 rings (SSSR count). The SMILES string of the molecule is CCC(C)/C(=N\C(O)(CC)C(=O)OC(C)C)c1ccccc1. The van der Waals surface area contributed by atoms with E-state index in [0.29, 0.717) is 0 Å². The number of rotatable bonds is 7. The van der Waals surface area contributed by atoms with Crippen LogP contribution in [0.15, 0.2) is 35.3 Å². The van der Waals surface area contributed by atoms with Gasteiger partial charge in [0.05, 0.1) is 6.10 Å². The normalized spacial score (nSPS) is 16.2. The molecule has 1 aromatic carbocycles. The molecule has 0 amide bonds. The number of nitrogens with zero attached hydrogens (tertiary/aromatic N) is 1. The molecule has 4 nitrogen and oxygen atoms in total. The molecule has 4 heteroatoms. The predicted octanol–water partition coefficient (Wildman–Crippen LogP) is 3.57. The molecule has 0 radical (unpaired) electrons. The quantitative estimate of drug-likeness (QED) is 0.619. The Morgan fingerprint density at radius 3 is 2.27 bits per heavy atom. The Balaban J connectivity index is 3.26. The van der Waals surface area contributed by atoms with Crippen LogP contribution in [-0.4, -0.2) is 28.6 Å². The number of aliphatic hydroxyl groups is 1. The predicted molar refractivity (Wildman–Crippen MR) is 88.9 cm³/mol. The van der Waals surface area contributed by atoms with Crippen molar-refractivity contribution in [2.75, 3.05) is 0 Å². The van der Waals surface area contributed by atoms with E-state index in [9.17, 15) is 9.90 Å². The van der Waals surface area contributed by atoms with Crippen LogP contribution in [-0.2, 0) is 9.53 Å². The molecule has 0 fully saturated rings. The Hall–Kier alpha value is -1.68. The summed E-state index contributed by atoms with van der Waals surface area (Å²) in [7, 11) is 0. The highest BCUT2D eigenvalue weighted by molar-refractivity contribution is 6.03. The molecule has 0 spiro atoms. The van der Waals surface area contributed by atoms with Crippen LogP contribution in [0.4, 0.5) is 0 Å². The fraction of sp³-hybridized carbons (Fsp3) is 0.556. The monoisotopic (exact) mass is 305 g/mol. The Bertz CT molecular complexity index is 510. The first kappa shape index (κ1) is 18.4. The van der Waals surface area contributed by atoms with Gasteiger partial charge in [-0.15, -0.1) is 0 Å². The smallest absolute Gasteiger partial charge is 0.361 e. The lowest BCUT2D eigenvalue weighted by Gasteiger charge is -2.25. The molecule has 1 N–H and O–H groups in total. The van der Waals surface area contributed by atoms with Gasteiger partial charge in [-0.1, -0.05) is 51.1 Å². The van der Waals surface area contributed by atoms with E-state index in [1.165, 1.54) is 0 Å². The van der Waals surface area contributed by atoms with Gasteiger partial charge in [-0.2, -0.15) is 0 Å². The summed E-state index contributed by atoms with van der Waals surface area (Å²) in [6.07, 6.45) is 0.752. The fourth-order valence-corrected chi connectivity index (χ4v) is 2.04. The summed E-state index contributed by atoms with van der Waals surface area (Å²) in [4.78, 5) is 16.6. The van der Waals surface area contributed by atoms with Gasteiger partial charge in [0.25, 0.3) is 5.72 Å². The summed E-state index contributed by atoms with van der Waals surface area (Å²) in [6, 6.07) is 9.65. The van der Waals surface area contributed by atoms with Crippen LogP contribution in [0, 0.1) is 5.92 Å². The largest absolute Gasteiger partial charge is 0.459 e. The fourth-order valence-electron chi connectivity index (χ4n) is 2.04. The van der Waals surface area contributed by atoms with E-state index in [0.717, 1.165) is 17.7 Å². The lowest BCUT2D eigenvalue weighted by atomic mass is 9.95. The van der Waals surface area contributed by atoms with Crippen LogP contribution in [0.5, 0.6) is 0 Å². The summed E-state index contributed by atoms with van der Waals surface area (Å²) < 4.78 is 5.16. The zero-order valence-electron chi connectivity index (χ0n) is 14.2. The second-order valence-corrected chi connectivity index (χ2v) is 5.80. The number of hydrogen-bond donors (Lipinski definition) is 1. The van der Waals surface area contributed by atoms with Crippen molar-refractivity contribution in [2.45, 2.75) is 59.3 Å². The second-order valence-electron chi connectivity index (χ2n) is 5.80. The zero-order valence-corrected chi connectivity index (χ0v) is 14.2. The van der Waals surface area contributed by atoms with E-state index in [1.807, 2.05) is 37.3 Å². The average molecular weight is 305 g/mol. The van der Waals surface area contributed by atoms with Gasteiger partial charge in [0.15, 0.2) is 0 Å². The van der Waals surface area contributed by atoms with E-state index in [4.69, 9.17) is 4.74 Å². The molecular weight excluding hydrogens is 278 g/mol. The summed E-state index contributed by atoms with van der Waals surface area (Å²) >= 11 is 0. The van der Waals surface area contributed by atoms with Crippen LogP contribution in [0.3, 0.4) is 0 Å². The Morgan fingerprint density at radius 2 is 1.82 bits per heavy atom. The lowest BCUT2D eigenvalue weighted by molar-refractivity contribution is -0.169. The minimum Gasteiger partial charge on any atom is -0.459 e. The molecule has 2 unspecified atom stereocenters. The summed E-state index contributed by atoms with van der Waals surface area (Å²) in [5, 5.41) is 10.7. The van der Waals surface area contributed by atoms with Gasteiger partial charge in [0.1, 0.15) is 0 Å². The zero-order chi connectivity index (χ0) is 16.8. The highest BCUT2D eigenvalue weighted by atomic mass is 16.6. The maximum absolute atomic E-state index is 12.2. The molecule has 22 heavy (non-hydrogen) atoms. The summed E-state index contributed by atoms with van der Waals surface area (Å²) in [5.74, 6) is -0.561. The van der Waals surface area contributed by atoms with Crippen molar-refractivity contribution >= 4 is 11.7 Å². The minimum absolute atomic E-state index is 0.132. The van der Waals surface area contributed by atoms with Crippen LogP contribution in [0.2, 0.25) is 0 Å². The number of hydrogen-bond acceptors (Lipinski definition) is 4. The first-order valence-corrected chi connectivity index (χ1v) is 7.92. The molecule has 0 heterocycles. The molecule has 0 aliphatic rings. The van der Waals surface area contributed by atoms with Crippen molar-refractivity contribution in [2.24, 2.45) is 10.9 Å². The third kappa shape index (κ3) is 4.67. The maximum atomic E-state index is 12.2. The molecule has 0 saturated carbocycles. The number of ether oxygens (including phenoxy) is 1. The second kappa shape index (κ2) is 8.08. The average Bonchev–Trinajstić information content (AvgIpc) is 2.51. The van der Waals surface area contributed by atoms with Crippen molar-refractivity contribution in [1.29, 1.82) is 0 Å². The molecule has 0 aliphatic heterocycles. The van der Waals surface area contributed by atoms with Gasteiger partial charge in [-0.25, -0.2) is 9.79 Å². The molecule has 0 aromatic heterocycles. The highest BCUT2D eigenvalue weighted by Crippen LogP contribution is 2.21.